The maximum Gasteiger partial charge on any atom is 0.421 e. The molecule has 3 N–H and O–H groups in total. The van der Waals surface area contributed by atoms with Gasteiger partial charge in [-0.25, -0.2) is 4.98 Å². The van der Waals surface area contributed by atoms with Gasteiger partial charge in [-0.2, -0.15) is 18.2 Å². The van der Waals surface area contributed by atoms with E-state index in [4.69, 9.17) is 0 Å². The molecule has 6 nitrogen and oxygen atoms in total. The van der Waals surface area contributed by atoms with Gasteiger partial charge in [0.2, 0.25) is 5.95 Å². The van der Waals surface area contributed by atoms with Gasteiger partial charge in [0.25, 0.3) is 0 Å². The number of hydrogen-bond acceptors (Lipinski definition) is 7. The Balaban J connectivity index is 1.31. The van der Waals surface area contributed by atoms with E-state index in [0.29, 0.717) is 23.6 Å². The first-order chi connectivity index (χ1) is 17.4. The Morgan fingerprint density at radius 3 is 2.57 bits per heavy atom. The van der Waals surface area contributed by atoms with Crippen LogP contribution in [0.15, 0.2) is 29.3 Å². The molecule has 3 heterocycles. The lowest BCUT2D eigenvalue weighted by Crippen LogP contribution is -2.50. The molecule has 2 aromatic rings. The Morgan fingerprint density at radius 1 is 1.19 bits per heavy atom. The molecule has 202 valence electrons. The van der Waals surface area contributed by atoms with Crippen LogP contribution in [0.2, 0.25) is 0 Å². The average Bonchev–Trinajstić information content (AvgIpc) is 2.78. The van der Waals surface area contributed by atoms with Gasteiger partial charge in [0.1, 0.15) is 11.4 Å². The fourth-order valence-electron chi connectivity index (χ4n) is 6.28. The van der Waals surface area contributed by atoms with Gasteiger partial charge in [-0.3, -0.25) is 0 Å². The van der Waals surface area contributed by atoms with Crippen LogP contribution >= 0.6 is 11.8 Å². The van der Waals surface area contributed by atoms with Crippen molar-refractivity contribution >= 4 is 29.2 Å². The number of aromatic nitrogens is 2. The minimum Gasteiger partial charge on any atom is -0.388 e. The van der Waals surface area contributed by atoms with Crippen molar-refractivity contribution in [3.8, 4) is 0 Å². The molecule has 3 fully saturated rings. The topological polar surface area (TPSA) is 73.3 Å². The quantitative estimate of drug-likeness (QED) is 0.449. The van der Waals surface area contributed by atoms with Crippen molar-refractivity contribution in [3.63, 3.8) is 0 Å². The van der Waals surface area contributed by atoms with Crippen LogP contribution in [0, 0.1) is 18.3 Å². The summed E-state index contributed by atoms with van der Waals surface area (Å²) in [7, 11) is 0. The number of nitrogens with one attached hydrogen (secondary N) is 2. The van der Waals surface area contributed by atoms with E-state index < -0.39 is 17.3 Å². The van der Waals surface area contributed by atoms with E-state index in [0.717, 1.165) is 30.5 Å². The van der Waals surface area contributed by atoms with Gasteiger partial charge in [-0.05, 0) is 94.1 Å². The number of β-amino-alcohol motifs (C(OH)–C–C–N with tert-alkyl or cyclic N) is 1. The number of rotatable bonds is 5. The first-order valence-electron chi connectivity index (χ1n) is 13.1. The third kappa shape index (κ3) is 6.01. The molecular formula is C27H36F3N5OS. The summed E-state index contributed by atoms with van der Waals surface area (Å²) in [5.41, 5.74) is 0.310. The van der Waals surface area contributed by atoms with Gasteiger partial charge in [0.15, 0.2) is 0 Å². The normalized spacial score (nSPS) is 26.2. The largest absolute Gasteiger partial charge is 0.421 e. The summed E-state index contributed by atoms with van der Waals surface area (Å²) in [5, 5.41) is 17.8. The van der Waals surface area contributed by atoms with Crippen molar-refractivity contribution in [2.75, 3.05) is 36.4 Å². The molecule has 10 heteroatoms. The van der Waals surface area contributed by atoms with Crippen LogP contribution in [-0.2, 0) is 6.18 Å². The molecular weight excluding hydrogens is 499 g/mol. The zero-order valence-corrected chi connectivity index (χ0v) is 22.5. The summed E-state index contributed by atoms with van der Waals surface area (Å²) in [6.07, 6.45) is 1.85. The van der Waals surface area contributed by atoms with Gasteiger partial charge in [-0.1, -0.05) is 6.92 Å². The molecule has 3 aliphatic rings. The highest BCUT2D eigenvalue weighted by molar-refractivity contribution is 8.00. The number of aliphatic hydroxyl groups is 1. The molecule has 1 saturated carbocycles. The smallest absolute Gasteiger partial charge is 0.388 e. The molecule has 2 unspecified atom stereocenters. The van der Waals surface area contributed by atoms with Crippen LogP contribution in [0.4, 0.5) is 30.6 Å². The number of benzene rings is 1. The minimum atomic E-state index is -4.59. The summed E-state index contributed by atoms with van der Waals surface area (Å²) in [4.78, 5) is 11.0. The third-order valence-electron chi connectivity index (χ3n) is 7.96. The SMILES string of the molecule is Cc1cc(SC2CC3(CCNCC3)C2)ccc1Nc1ncc(C(F)(F)F)c(N2CC(C)CC(C)(O)C2)n1. The first kappa shape index (κ1) is 26.6. The van der Waals surface area contributed by atoms with Crippen molar-refractivity contribution in [2.24, 2.45) is 11.3 Å². The van der Waals surface area contributed by atoms with E-state index in [1.807, 2.05) is 31.7 Å². The van der Waals surface area contributed by atoms with Crippen LogP contribution in [0.3, 0.4) is 0 Å². The summed E-state index contributed by atoms with van der Waals surface area (Å²) in [6, 6.07) is 6.13. The standard InChI is InChI=1S/C27H36F3N5OS/c1-17-11-25(3,36)16-35(15-17)23-21(27(28,29)30)14-32-24(34-23)33-22-5-4-19(10-18(22)2)37-20-12-26(13-20)6-8-31-9-7-26/h4-5,10,14,17,20,31,36H,6-9,11-13,15-16H2,1-3H3,(H,32,33,34). The summed E-state index contributed by atoms with van der Waals surface area (Å²) < 4.78 is 41.5. The number of alkyl halides is 3. The van der Waals surface area contributed by atoms with Crippen LogP contribution in [0.1, 0.15) is 57.1 Å². The highest BCUT2D eigenvalue weighted by Gasteiger charge is 2.45. The molecule has 1 spiro atoms. The van der Waals surface area contributed by atoms with E-state index >= 15 is 0 Å². The number of nitrogens with zero attached hydrogens (tertiary/aromatic N) is 3. The molecule has 1 aromatic carbocycles. The second-order valence-electron chi connectivity index (χ2n) is 11.6. The highest BCUT2D eigenvalue weighted by atomic mass is 32.2. The number of hydrogen-bond donors (Lipinski definition) is 3. The van der Waals surface area contributed by atoms with Crippen molar-refractivity contribution < 1.29 is 18.3 Å². The van der Waals surface area contributed by atoms with Crippen LogP contribution in [-0.4, -0.2) is 52.1 Å². The van der Waals surface area contributed by atoms with Gasteiger partial charge in [-0.15, -0.1) is 11.8 Å². The predicted molar refractivity (Wildman–Crippen MR) is 142 cm³/mol. The Kier molecular flexibility index (Phi) is 7.13. The van der Waals surface area contributed by atoms with Gasteiger partial charge in [0.05, 0.1) is 5.60 Å². The van der Waals surface area contributed by atoms with Gasteiger partial charge < -0.3 is 20.6 Å². The zero-order chi connectivity index (χ0) is 26.4. The number of aryl methyl sites for hydroxylation is 1. The van der Waals surface area contributed by atoms with Crippen molar-refractivity contribution in [1.29, 1.82) is 0 Å². The van der Waals surface area contributed by atoms with Crippen LogP contribution in [0.25, 0.3) is 0 Å². The fourth-order valence-corrected chi connectivity index (χ4v) is 7.93. The minimum absolute atomic E-state index is 0.0313. The van der Waals surface area contributed by atoms with E-state index in [1.165, 1.54) is 35.5 Å². The van der Waals surface area contributed by atoms with Crippen LogP contribution in [0.5, 0.6) is 0 Å². The number of anilines is 3. The number of thioether (sulfide) groups is 1. The zero-order valence-electron chi connectivity index (χ0n) is 21.7. The maximum atomic E-state index is 13.8. The van der Waals surface area contributed by atoms with E-state index in [9.17, 15) is 18.3 Å². The lowest BCUT2D eigenvalue weighted by Gasteiger charge is -2.50. The number of halogens is 3. The molecule has 37 heavy (non-hydrogen) atoms. The first-order valence-corrected chi connectivity index (χ1v) is 14.0. The highest BCUT2D eigenvalue weighted by Crippen LogP contribution is 2.54. The average molecular weight is 536 g/mol. The lowest BCUT2D eigenvalue weighted by molar-refractivity contribution is -0.137. The summed E-state index contributed by atoms with van der Waals surface area (Å²) in [5.74, 6) is -0.0569. The second kappa shape index (κ2) is 9.93. The predicted octanol–water partition coefficient (Wildman–Crippen LogP) is 5.77. The molecule has 5 rings (SSSR count). The van der Waals surface area contributed by atoms with Crippen molar-refractivity contribution in [1.82, 2.24) is 15.3 Å². The van der Waals surface area contributed by atoms with Gasteiger partial charge in [0, 0.05) is 35.1 Å². The molecule has 2 saturated heterocycles. The van der Waals surface area contributed by atoms with Crippen LogP contribution < -0.4 is 15.5 Å². The molecule has 0 amide bonds. The van der Waals surface area contributed by atoms with E-state index in [-0.39, 0.29) is 24.2 Å². The summed E-state index contributed by atoms with van der Waals surface area (Å²) in [6.45, 7) is 8.28. The molecule has 2 atom stereocenters. The van der Waals surface area contributed by atoms with E-state index in [2.05, 4.69) is 32.7 Å². The fraction of sp³-hybridized carbons (Fsp3) is 0.630. The molecule has 1 aliphatic carbocycles. The molecule has 0 bridgehead atoms. The van der Waals surface area contributed by atoms with E-state index in [1.54, 1.807) is 6.92 Å². The Bertz CT molecular complexity index is 1130. The van der Waals surface area contributed by atoms with Crippen molar-refractivity contribution in [3.05, 3.63) is 35.5 Å². The molecule has 0 radical (unpaired) electrons. The molecule has 2 aliphatic heterocycles. The summed E-state index contributed by atoms with van der Waals surface area (Å²) >= 11 is 1.92. The monoisotopic (exact) mass is 535 g/mol. The Labute approximate surface area is 220 Å². The van der Waals surface area contributed by atoms with Gasteiger partial charge >= 0.3 is 6.18 Å². The number of piperidine rings is 2. The molecule has 1 aromatic heterocycles. The lowest BCUT2D eigenvalue weighted by atomic mass is 9.63. The maximum absolute atomic E-state index is 13.8. The van der Waals surface area contributed by atoms with Crippen molar-refractivity contribution in [2.45, 2.75) is 74.8 Å². The Morgan fingerprint density at radius 2 is 1.92 bits per heavy atom. The Hall–Kier alpha value is -2.04. The third-order valence-corrected chi connectivity index (χ3v) is 9.15. The second-order valence-corrected chi connectivity index (χ2v) is 13.0.